The van der Waals surface area contributed by atoms with Crippen LogP contribution in [0, 0.1) is 5.82 Å². The minimum atomic E-state index is -4.60. The molecule has 1 aromatic heterocycles. The molecule has 0 saturated carbocycles. The highest BCUT2D eigenvalue weighted by atomic mass is 19.4. The highest BCUT2D eigenvalue weighted by Gasteiger charge is 2.46. The molecule has 33 heavy (non-hydrogen) atoms. The number of carbonyl (C=O) groups is 1. The molecule has 0 saturated heterocycles. The Hall–Kier alpha value is -3.76. The van der Waals surface area contributed by atoms with Crippen LogP contribution in [0.5, 0.6) is 11.5 Å². The molecule has 2 atom stereocenters. The van der Waals surface area contributed by atoms with Gasteiger partial charge in [-0.15, -0.1) is 0 Å². The second-order valence-electron chi connectivity index (χ2n) is 7.42. The summed E-state index contributed by atoms with van der Waals surface area (Å²) in [6, 6.07) is 8.49. The van der Waals surface area contributed by atoms with Gasteiger partial charge in [0.25, 0.3) is 5.91 Å². The first-order valence-corrected chi connectivity index (χ1v) is 9.91. The summed E-state index contributed by atoms with van der Waals surface area (Å²) in [5.74, 6) is -0.341. The van der Waals surface area contributed by atoms with Crippen molar-refractivity contribution in [2.75, 3.05) is 24.9 Å². The van der Waals surface area contributed by atoms with Crippen LogP contribution >= 0.6 is 0 Å². The number of anilines is 2. The minimum Gasteiger partial charge on any atom is -0.497 e. The molecule has 4 rings (SSSR count). The number of aromatic nitrogens is 2. The van der Waals surface area contributed by atoms with Crippen molar-refractivity contribution in [1.29, 1.82) is 0 Å². The van der Waals surface area contributed by atoms with Crippen LogP contribution in [0.2, 0.25) is 0 Å². The summed E-state index contributed by atoms with van der Waals surface area (Å²) in [6.07, 6.45) is -4.97. The third kappa shape index (κ3) is 4.57. The molecular formula is C22H20F4N4O3. The van der Waals surface area contributed by atoms with Crippen LogP contribution < -0.4 is 20.1 Å². The lowest BCUT2D eigenvalue weighted by atomic mass is 9.97. The third-order valence-electron chi connectivity index (χ3n) is 5.35. The van der Waals surface area contributed by atoms with E-state index in [4.69, 9.17) is 9.47 Å². The predicted octanol–water partition coefficient (Wildman–Crippen LogP) is 4.95. The van der Waals surface area contributed by atoms with E-state index in [1.165, 1.54) is 44.6 Å². The summed E-state index contributed by atoms with van der Waals surface area (Å²) in [7, 11) is 2.89. The second-order valence-corrected chi connectivity index (χ2v) is 7.42. The van der Waals surface area contributed by atoms with E-state index in [0.29, 0.717) is 22.7 Å². The molecule has 0 fully saturated rings. The number of amides is 1. The monoisotopic (exact) mass is 464 g/mol. The lowest BCUT2D eigenvalue weighted by Crippen LogP contribution is -2.35. The summed E-state index contributed by atoms with van der Waals surface area (Å²) in [4.78, 5) is 12.8. The molecule has 0 radical (unpaired) electrons. The maximum atomic E-state index is 13.8. The normalized spacial score (nSPS) is 17.6. The molecule has 7 nitrogen and oxygen atoms in total. The maximum absolute atomic E-state index is 13.8. The Kier molecular flexibility index (Phi) is 5.88. The molecule has 0 unspecified atom stereocenters. The number of carbonyl (C=O) groups excluding carboxylic acids is 1. The van der Waals surface area contributed by atoms with Gasteiger partial charge < -0.3 is 20.1 Å². The lowest BCUT2D eigenvalue weighted by Gasteiger charge is -2.33. The van der Waals surface area contributed by atoms with Crippen LogP contribution in [0.4, 0.5) is 29.1 Å². The quantitative estimate of drug-likeness (QED) is 0.523. The molecule has 2 aromatic carbocycles. The molecular weight excluding hydrogens is 444 g/mol. The van der Waals surface area contributed by atoms with Crippen LogP contribution in [0.25, 0.3) is 0 Å². The van der Waals surface area contributed by atoms with Crippen molar-refractivity contribution in [3.8, 4) is 11.5 Å². The highest BCUT2D eigenvalue weighted by molar-refractivity contribution is 6.04. The fraction of sp³-hybridized carbons (Fsp3) is 0.273. The van der Waals surface area contributed by atoms with E-state index in [2.05, 4.69) is 15.7 Å². The molecule has 174 valence electrons. The van der Waals surface area contributed by atoms with Gasteiger partial charge in [0.1, 0.15) is 23.1 Å². The fourth-order valence-electron chi connectivity index (χ4n) is 3.69. The zero-order valence-corrected chi connectivity index (χ0v) is 17.6. The van der Waals surface area contributed by atoms with Gasteiger partial charge in [0.15, 0.2) is 11.7 Å². The molecule has 2 N–H and O–H groups in total. The number of halogens is 4. The van der Waals surface area contributed by atoms with Gasteiger partial charge in [-0.3, -0.25) is 4.79 Å². The Bertz CT molecular complexity index is 1160. The van der Waals surface area contributed by atoms with Gasteiger partial charge in [-0.1, -0.05) is 12.1 Å². The van der Waals surface area contributed by atoms with Crippen molar-refractivity contribution in [3.63, 3.8) is 0 Å². The van der Waals surface area contributed by atoms with Gasteiger partial charge in [0, 0.05) is 18.6 Å². The van der Waals surface area contributed by atoms with Crippen LogP contribution in [0.3, 0.4) is 0 Å². The third-order valence-corrected chi connectivity index (χ3v) is 5.35. The first kappa shape index (κ1) is 22.4. The van der Waals surface area contributed by atoms with Gasteiger partial charge in [-0.2, -0.15) is 18.3 Å². The fourth-order valence-corrected chi connectivity index (χ4v) is 3.69. The molecule has 2 heterocycles. The Morgan fingerprint density at radius 1 is 1.12 bits per heavy atom. The van der Waals surface area contributed by atoms with E-state index in [9.17, 15) is 22.4 Å². The van der Waals surface area contributed by atoms with Crippen molar-refractivity contribution in [1.82, 2.24) is 9.78 Å². The summed E-state index contributed by atoms with van der Waals surface area (Å²) in [5.41, 5.74) is 0.593. The van der Waals surface area contributed by atoms with Gasteiger partial charge in [-0.05, 0) is 29.8 Å². The van der Waals surface area contributed by atoms with Crippen LogP contribution in [-0.4, -0.2) is 36.1 Å². The van der Waals surface area contributed by atoms with Crippen LogP contribution in [0.15, 0.2) is 48.5 Å². The standard InChI is InChI=1S/C22H20F4N4O3/c1-32-14-7-8-15(18(9-14)33-2)28-21(31)17-11-20-27-16(12-3-5-13(23)6-4-12)10-19(22(24,25)26)30(20)29-17/h3-9,11,16,19,27H,10H2,1-2H3,(H,28,31)/t16-,19+/m0/s1. The summed E-state index contributed by atoms with van der Waals surface area (Å²) in [5, 5.41) is 9.49. The molecule has 1 amide bonds. The zero-order chi connectivity index (χ0) is 23.8. The molecule has 1 aliphatic rings. The number of ether oxygens (including phenoxy) is 2. The number of benzene rings is 2. The molecule has 11 heteroatoms. The van der Waals surface area contributed by atoms with E-state index in [1.54, 1.807) is 18.2 Å². The lowest BCUT2D eigenvalue weighted by molar-refractivity contribution is -0.173. The Balaban J connectivity index is 1.63. The van der Waals surface area contributed by atoms with E-state index in [-0.39, 0.29) is 17.9 Å². The average molecular weight is 464 g/mol. The first-order valence-electron chi connectivity index (χ1n) is 9.91. The van der Waals surface area contributed by atoms with Crippen LogP contribution in [0.1, 0.15) is 34.6 Å². The summed E-state index contributed by atoms with van der Waals surface area (Å²) in [6.45, 7) is 0. The molecule has 1 aliphatic heterocycles. The number of fused-ring (bicyclic) bond motifs is 1. The van der Waals surface area contributed by atoms with Gasteiger partial charge in [-0.25, -0.2) is 9.07 Å². The van der Waals surface area contributed by atoms with Gasteiger partial charge in [0.05, 0.1) is 25.9 Å². The number of nitrogens with zero attached hydrogens (tertiary/aromatic N) is 2. The van der Waals surface area contributed by atoms with Crippen molar-refractivity contribution in [3.05, 3.63) is 65.6 Å². The van der Waals surface area contributed by atoms with Gasteiger partial charge >= 0.3 is 6.18 Å². The number of hydrogen-bond donors (Lipinski definition) is 2. The van der Waals surface area contributed by atoms with E-state index < -0.39 is 30.0 Å². The maximum Gasteiger partial charge on any atom is 0.410 e. The van der Waals surface area contributed by atoms with Crippen LogP contribution in [-0.2, 0) is 0 Å². The molecule has 0 bridgehead atoms. The number of rotatable bonds is 5. The minimum absolute atomic E-state index is 0.0322. The number of methoxy groups -OCH3 is 2. The number of nitrogens with one attached hydrogen (secondary N) is 2. The topological polar surface area (TPSA) is 77.4 Å². The largest absolute Gasteiger partial charge is 0.497 e. The number of hydrogen-bond acceptors (Lipinski definition) is 5. The SMILES string of the molecule is COc1ccc(NC(=O)c2cc3n(n2)[C@@H](C(F)(F)F)C[C@@H](c2ccc(F)cc2)N3)c(OC)c1. The van der Waals surface area contributed by atoms with E-state index >= 15 is 0 Å². The highest BCUT2D eigenvalue weighted by Crippen LogP contribution is 2.43. The zero-order valence-electron chi connectivity index (χ0n) is 17.6. The van der Waals surface area contributed by atoms with Crippen molar-refractivity contribution in [2.45, 2.75) is 24.7 Å². The molecule has 0 aliphatic carbocycles. The van der Waals surface area contributed by atoms with E-state index in [0.717, 1.165) is 4.68 Å². The van der Waals surface area contributed by atoms with Crippen molar-refractivity contribution < 1.29 is 31.8 Å². The predicted molar refractivity (Wildman–Crippen MR) is 112 cm³/mol. The molecule has 3 aromatic rings. The smallest absolute Gasteiger partial charge is 0.410 e. The average Bonchev–Trinajstić information content (AvgIpc) is 3.22. The first-order chi connectivity index (χ1) is 15.7. The Labute approximate surface area is 186 Å². The van der Waals surface area contributed by atoms with Gasteiger partial charge in [0.2, 0.25) is 0 Å². The van der Waals surface area contributed by atoms with Crippen molar-refractivity contribution in [2.24, 2.45) is 0 Å². The summed E-state index contributed by atoms with van der Waals surface area (Å²) >= 11 is 0. The van der Waals surface area contributed by atoms with Crippen molar-refractivity contribution >= 4 is 17.4 Å². The van der Waals surface area contributed by atoms with E-state index in [1.807, 2.05) is 0 Å². The Morgan fingerprint density at radius 2 is 1.85 bits per heavy atom. The second kappa shape index (κ2) is 8.64. The molecule has 0 spiro atoms. The number of alkyl halides is 3. The Morgan fingerprint density at radius 3 is 2.48 bits per heavy atom. The summed E-state index contributed by atoms with van der Waals surface area (Å²) < 4.78 is 65.8.